The van der Waals surface area contributed by atoms with Gasteiger partial charge in [0.05, 0.1) is 23.2 Å². The number of nitrogens with one attached hydrogen (secondary N) is 2. The van der Waals surface area contributed by atoms with Crippen LogP contribution in [0.25, 0.3) is 0 Å². The van der Waals surface area contributed by atoms with Gasteiger partial charge in [-0.25, -0.2) is 9.78 Å². The number of thiazole rings is 1. The van der Waals surface area contributed by atoms with Crippen LogP contribution in [0, 0.1) is 13.8 Å². The van der Waals surface area contributed by atoms with Crippen molar-refractivity contribution in [1.29, 1.82) is 0 Å². The molecule has 0 aliphatic heterocycles. The second-order valence-electron chi connectivity index (χ2n) is 5.64. The fourth-order valence-corrected chi connectivity index (χ4v) is 3.07. The first-order valence-electron chi connectivity index (χ1n) is 7.74. The van der Waals surface area contributed by atoms with Gasteiger partial charge in [0.25, 0.3) is 0 Å². The summed E-state index contributed by atoms with van der Waals surface area (Å²) in [6.07, 6.45) is 0.830. The molecule has 1 atom stereocenters. The molecule has 2 aromatic rings. The van der Waals surface area contributed by atoms with E-state index in [9.17, 15) is 9.59 Å². The summed E-state index contributed by atoms with van der Waals surface area (Å²) in [6, 6.07) is 6.57. The number of nitrogens with two attached hydrogens (primary N) is 1. The monoisotopic (exact) mass is 346 g/mol. The molecule has 3 amide bonds. The van der Waals surface area contributed by atoms with Crippen molar-refractivity contribution in [3.05, 3.63) is 51.5 Å². The molecule has 1 aromatic heterocycles. The molecule has 0 saturated carbocycles. The number of amides is 3. The van der Waals surface area contributed by atoms with Crippen LogP contribution in [0.2, 0.25) is 0 Å². The average molecular weight is 346 g/mol. The van der Waals surface area contributed by atoms with Crippen molar-refractivity contribution in [3.63, 3.8) is 0 Å². The van der Waals surface area contributed by atoms with E-state index in [-0.39, 0.29) is 12.3 Å². The topological polar surface area (TPSA) is 97.1 Å². The Morgan fingerprint density at radius 1 is 1.33 bits per heavy atom. The number of urea groups is 1. The third-order valence-electron chi connectivity index (χ3n) is 3.52. The molecule has 2 rings (SSSR count). The van der Waals surface area contributed by atoms with Crippen LogP contribution in [0.15, 0.2) is 29.6 Å². The van der Waals surface area contributed by atoms with Crippen LogP contribution in [0.4, 0.5) is 4.79 Å². The van der Waals surface area contributed by atoms with Crippen LogP contribution in [-0.2, 0) is 11.2 Å². The Kier molecular flexibility index (Phi) is 6.31. The first-order valence-corrected chi connectivity index (χ1v) is 8.62. The van der Waals surface area contributed by atoms with Crippen molar-refractivity contribution in [1.82, 2.24) is 15.6 Å². The van der Waals surface area contributed by atoms with E-state index in [2.05, 4.69) is 15.6 Å². The molecule has 0 fully saturated rings. The second-order valence-corrected chi connectivity index (χ2v) is 6.70. The zero-order valence-corrected chi connectivity index (χ0v) is 14.7. The van der Waals surface area contributed by atoms with E-state index in [1.54, 1.807) is 11.3 Å². The van der Waals surface area contributed by atoms with E-state index >= 15 is 0 Å². The fourth-order valence-electron chi connectivity index (χ4n) is 2.42. The third kappa shape index (κ3) is 5.66. The Morgan fingerprint density at radius 3 is 2.75 bits per heavy atom. The highest BCUT2D eigenvalue weighted by Gasteiger charge is 2.17. The number of primary amides is 1. The van der Waals surface area contributed by atoms with Crippen molar-refractivity contribution in [2.24, 2.45) is 5.73 Å². The maximum Gasteiger partial charge on any atom is 0.312 e. The molecule has 0 unspecified atom stereocenters. The van der Waals surface area contributed by atoms with E-state index in [0.717, 1.165) is 21.8 Å². The molecular weight excluding hydrogens is 324 g/mol. The summed E-state index contributed by atoms with van der Waals surface area (Å²) in [5.74, 6) is -0.137. The largest absolute Gasteiger partial charge is 0.356 e. The lowest BCUT2D eigenvalue weighted by Gasteiger charge is -2.18. The van der Waals surface area contributed by atoms with Gasteiger partial charge >= 0.3 is 6.03 Å². The fraction of sp³-hybridized carbons (Fsp3) is 0.353. The van der Waals surface area contributed by atoms with Crippen molar-refractivity contribution in [2.75, 3.05) is 6.54 Å². The number of hydrogen-bond acceptors (Lipinski definition) is 4. The SMILES string of the molecule is Cc1cccc([C@@H](CC(=O)NCCc2csc(C)n2)NC(N)=O)c1. The Bertz CT molecular complexity index is 714. The van der Waals surface area contributed by atoms with Crippen molar-refractivity contribution >= 4 is 23.3 Å². The molecule has 0 bridgehead atoms. The van der Waals surface area contributed by atoms with E-state index in [4.69, 9.17) is 5.73 Å². The molecule has 4 N–H and O–H groups in total. The Labute approximate surface area is 145 Å². The standard InChI is InChI=1S/C17H22N4O2S/c1-11-4-3-5-13(8-11)15(21-17(18)23)9-16(22)19-7-6-14-10-24-12(2)20-14/h3-5,8,10,15H,6-7,9H2,1-2H3,(H,19,22)(H3,18,21,23)/t15-/m1/s1. The molecule has 0 saturated heterocycles. The van der Waals surface area contributed by atoms with Gasteiger partial charge in [0.15, 0.2) is 0 Å². The van der Waals surface area contributed by atoms with Crippen LogP contribution < -0.4 is 16.4 Å². The molecule has 1 aromatic carbocycles. The molecule has 24 heavy (non-hydrogen) atoms. The highest BCUT2D eigenvalue weighted by Crippen LogP contribution is 2.18. The lowest BCUT2D eigenvalue weighted by molar-refractivity contribution is -0.121. The van der Waals surface area contributed by atoms with Gasteiger partial charge in [-0.2, -0.15) is 0 Å². The molecular formula is C17H22N4O2S. The Balaban J connectivity index is 1.90. The number of carbonyl (C=O) groups excluding carboxylic acids is 2. The highest BCUT2D eigenvalue weighted by molar-refractivity contribution is 7.09. The van der Waals surface area contributed by atoms with E-state index in [0.29, 0.717) is 13.0 Å². The van der Waals surface area contributed by atoms with Crippen LogP contribution in [-0.4, -0.2) is 23.5 Å². The van der Waals surface area contributed by atoms with Gasteiger partial charge in [-0.05, 0) is 19.4 Å². The lowest BCUT2D eigenvalue weighted by atomic mass is 10.0. The maximum atomic E-state index is 12.2. The van der Waals surface area contributed by atoms with Gasteiger partial charge in [0, 0.05) is 18.3 Å². The zero-order chi connectivity index (χ0) is 17.5. The second kappa shape index (κ2) is 8.44. The average Bonchev–Trinajstić information content (AvgIpc) is 2.91. The first-order chi connectivity index (χ1) is 11.4. The number of rotatable bonds is 7. The summed E-state index contributed by atoms with van der Waals surface area (Å²) in [4.78, 5) is 27.7. The van der Waals surface area contributed by atoms with Gasteiger partial charge < -0.3 is 16.4 Å². The van der Waals surface area contributed by atoms with Crippen molar-refractivity contribution in [2.45, 2.75) is 32.7 Å². The highest BCUT2D eigenvalue weighted by atomic mass is 32.1. The number of nitrogens with zero attached hydrogens (tertiary/aromatic N) is 1. The summed E-state index contributed by atoms with van der Waals surface area (Å²) in [7, 11) is 0. The van der Waals surface area contributed by atoms with Gasteiger partial charge in [0.2, 0.25) is 5.91 Å². The minimum Gasteiger partial charge on any atom is -0.356 e. The first kappa shape index (κ1) is 17.9. The van der Waals surface area contributed by atoms with Gasteiger partial charge in [-0.3, -0.25) is 4.79 Å². The third-order valence-corrected chi connectivity index (χ3v) is 4.34. The summed E-state index contributed by atoms with van der Waals surface area (Å²) < 4.78 is 0. The number of benzene rings is 1. The predicted octanol–water partition coefficient (Wildman–Crippen LogP) is 2.22. The predicted molar refractivity (Wildman–Crippen MR) is 94.8 cm³/mol. The molecule has 0 aliphatic rings. The molecule has 128 valence electrons. The molecule has 6 nitrogen and oxygen atoms in total. The van der Waals surface area contributed by atoms with E-state index in [1.165, 1.54) is 0 Å². The summed E-state index contributed by atoms with van der Waals surface area (Å²) in [5.41, 5.74) is 8.13. The quantitative estimate of drug-likeness (QED) is 0.717. The molecule has 0 spiro atoms. The van der Waals surface area contributed by atoms with Gasteiger partial charge in [-0.15, -0.1) is 11.3 Å². The Morgan fingerprint density at radius 2 is 2.12 bits per heavy atom. The van der Waals surface area contributed by atoms with Crippen molar-refractivity contribution in [3.8, 4) is 0 Å². The van der Waals surface area contributed by atoms with Crippen LogP contribution in [0.3, 0.4) is 0 Å². The smallest absolute Gasteiger partial charge is 0.312 e. The van der Waals surface area contributed by atoms with Crippen LogP contribution in [0.1, 0.15) is 34.3 Å². The number of hydrogen-bond donors (Lipinski definition) is 3. The lowest BCUT2D eigenvalue weighted by Crippen LogP contribution is -2.37. The normalized spacial score (nSPS) is 11.8. The number of aromatic nitrogens is 1. The minimum absolute atomic E-state index is 0.137. The minimum atomic E-state index is -0.646. The maximum absolute atomic E-state index is 12.2. The van der Waals surface area contributed by atoms with Crippen molar-refractivity contribution < 1.29 is 9.59 Å². The van der Waals surface area contributed by atoms with E-state index < -0.39 is 12.1 Å². The molecule has 7 heteroatoms. The van der Waals surface area contributed by atoms with E-state index in [1.807, 2.05) is 43.5 Å². The van der Waals surface area contributed by atoms with Crippen LogP contribution in [0.5, 0.6) is 0 Å². The molecule has 0 aliphatic carbocycles. The summed E-state index contributed by atoms with van der Waals surface area (Å²) >= 11 is 1.59. The van der Waals surface area contributed by atoms with Gasteiger partial charge in [-0.1, -0.05) is 29.8 Å². The summed E-state index contributed by atoms with van der Waals surface area (Å²) in [5, 5.41) is 8.50. The number of aryl methyl sites for hydroxylation is 2. The van der Waals surface area contributed by atoms with Crippen LogP contribution >= 0.6 is 11.3 Å². The summed E-state index contributed by atoms with van der Waals surface area (Å²) in [6.45, 7) is 4.43. The molecule has 1 heterocycles. The van der Waals surface area contributed by atoms with Gasteiger partial charge in [0.1, 0.15) is 0 Å². The number of carbonyl (C=O) groups is 2. The zero-order valence-electron chi connectivity index (χ0n) is 13.8. The molecule has 0 radical (unpaired) electrons. The Hall–Kier alpha value is -2.41.